The molecular weight excluding hydrogens is 1120 g/mol. The Morgan fingerprint density at radius 2 is 0.917 bits per heavy atom. The molecule has 2 unspecified atom stereocenters. The van der Waals surface area contributed by atoms with E-state index in [0.29, 0.717) is 10.8 Å². The predicted molar refractivity (Wildman–Crippen MR) is 294 cm³/mol. The normalized spacial score (nSPS) is 41.4. The Kier molecular flexibility index (Phi) is 22.3. The van der Waals surface area contributed by atoms with Crippen molar-refractivity contribution in [2.24, 2.45) is 114 Å². The van der Waals surface area contributed by atoms with Crippen molar-refractivity contribution in [1.82, 2.24) is 0 Å². The summed E-state index contributed by atoms with van der Waals surface area (Å²) in [6, 6.07) is 0. The molecule has 0 heterocycles. The van der Waals surface area contributed by atoms with Gasteiger partial charge in [0.15, 0.2) is 0 Å². The van der Waals surface area contributed by atoms with Gasteiger partial charge in [-0.25, -0.2) is 9.59 Å². The van der Waals surface area contributed by atoms with E-state index in [1.165, 1.54) is 128 Å². The van der Waals surface area contributed by atoms with Gasteiger partial charge in [-0.3, -0.25) is 0 Å². The molecule has 0 aromatic carbocycles. The summed E-state index contributed by atoms with van der Waals surface area (Å²) >= 11 is 4.44. The molecule has 8 rings (SSSR count). The Bertz CT molecular complexity index is 1840. The second kappa shape index (κ2) is 25.6. The molecule has 0 aromatic rings. The third-order valence-electron chi connectivity index (χ3n) is 22.1. The summed E-state index contributed by atoms with van der Waals surface area (Å²) < 4.78 is 0. The molecule has 0 bridgehead atoms. The molecule has 6 fully saturated rings. The van der Waals surface area contributed by atoms with Gasteiger partial charge in [-0.1, -0.05) is 166 Å². The summed E-state index contributed by atoms with van der Waals surface area (Å²) in [5, 5.41) is 8.51. The van der Waals surface area contributed by atoms with E-state index in [9.17, 15) is 9.59 Å². The summed E-state index contributed by atoms with van der Waals surface area (Å²) in [7, 11) is 8.98. The standard InChI is InChI=1S/2C31H50NO2.2ClH.2Pd/c2*1-20(2)10-9-11-21(3)24-13-14-25-23-12-15-27-29(5,6)28(32-34-22(4)33)17-19-31(27,8)26(23)16-18-30(24,25)7;;;;/h2*15,20-21,23-26H,5,9-14,16-19H2,1-4,6-8H3;2*1H;;/q2*-1;;;2*+2/p-2/b2*32-28+;;;;/t2*21-,23+,24-,25+,26+,29?,30-,31-;;;;/m11..../s1. The SMILES string of the molecule is [CH2-]C1(C)C2=CC[C@H]3[C@@H]4CC[C@H]([C@H](C)CCCC(C)C)[C@@]4(C)CC[C@@H]3[C@@]2(C)CC/C1=N\OC(C)=O.[CH2-]C1(C)C2=CC[C@H]3[C@@H]4CC[C@H]([C@H](C)CCCC(C)C)[C@@]4(C)CC[C@@H]3[C@@]2(C)CC/C1=N\OC(C)=O.[Cl][Pd+].[Cl][Pd+]. The Hall–Kier alpha value is -0.335. The van der Waals surface area contributed by atoms with Gasteiger partial charge in [0.25, 0.3) is 0 Å². The van der Waals surface area contributed by atoms with Crippen LogP contribution in [-0.4, -0.2) is 23.4 Å². The number of hydrogen-bond acceptors (Lipinski definition) is 6. The fourth-order valence-electron chi connectivity index (χ4n) is 18.7. The fraction of sp³-hybridized carbons (Fsp3) is 0.839. The first-order valence-electron chi connectivity index (χ1n) is 28.7. The van der Waals surface area contributed by atoms with E-state index in [1.54, 1.807) is 0 Å². The van der Waals surface area contributed by atoms with Gasteiger partial charge in [0.05, 0.1) is 0 Å². The summed E-state index contributed by atoms with van der Waals surface area (Å²) in [6.45, 7) is 41.4. The molecule has 16 atom stereocenters. The molecule has 416 valence electrons. The topological polar surface area (TPSA) is 77.3 Å². The van der Waals surface area contributed by atoms with Gasteiger partial charge >= 0.3 is 67.4 Å². The number of oxime groups is 2. The van der Waals surface area contributed by atoms with Crippen LogP contribution < -0.4 is 0 Å². The summed E-state index contributed by atoms with van der Waals surface area (Å²) in [4.78, 5) is 32.9. The van der Waals surface area contributed by atoms with E-state index in [0.717, 1.165) is 108 Å². The van der Waals surface area contributed by atoms with E-state index in [2.05, 4.69) is 175 Å². The van der Waals surface area contributed by atoms with Gasteiger partial charge in [-0.2, -0.15) is 0 Å². The molecule has 0 N–H and O–H groups in total. The number of halogens is 2. The molecule has 0 aromatic heterocycles. The van der Waals surface area contributed by atoms with Crippen molar-refractivity contribution in [1.29, 1.82) is 0 Å². The Labute approximate surface area is 470 Å². The number of rotatable bonds is 12. The molecule has 0 radical (unpaired) electrons. The maximum atomic E-state index is 11.4. The predicted octanol–water partition coefficient (Wildman–Crippen LogP) is 18.2. The summed E-state index contributed by atoms with van der Waals surface area (Å²) in [6.07, 6.45) is 31.0. The van der Waals surface area contributed by atoms with E-state index < -0.39 is 0 Å². The first-order valence-corrected chi connectivity index (χ1v) is 32.7. The Morgan fingerprint density at radius 1 is 0.569 bits per heavy atom. The average molecular weight is 1220 g/mol. The van der Waals surface area contributed by atoms with Crippen LogP contribution in [0.1, 0.15) is 225 Å². The van der Waals surface area contributed by atoms with Crippen LogP contribution >= 0.6 is 19.1 Å². The van der Waals surface area contributed by atoms with Crippen LogP contribution in [-0.2, 0) is 55.6 Å². The average Bonchev–Trinajstić information content (AvgIpc) is 3.86. The molecule has 0 aliphatic heterocycles. The third-order valence-corrected chi connectivity index (χ3v) is 22.1. The Balaban J connectivity index is 0.000000250. The number of fused-ring (bicyclic) bond motifs is 10. The molecule has 10 heteroatoms. The monoisotopic (exact) mass is 1220 g/mol. The van der Waals surface area contributed by atoms with Crippen molar-refractivity contribution in [3.63, 3.8) is 0 Å². The van der Waals surface area contributed by atoms with Crippen molar-refractivity contribution in [3.8, 4) is 0 Å². The van der Waals surface area contributed by atoms with Crippen LogP contribution in [0.5, 0.6) is 0 Å². The molecule has 0 saturated heterocycles. The van der Waals surface area contributed by atoms with Gasteiger partial charge in [0, 0.05) is 25.3 Å². The van der Waals surface area contributed by atoms with Crippen LogP contribution in [0.3, 0.4) is 0 Å². The van der Waals surface area contributed by atoms with Gasteiger partial charge < -0.3 is 23.5 Å². The molecule has 8 aliphatic carbocycles. The minimum absolute atomic E-state index is 0.191. The van der Waals surface area contributed by atoms with Gasteiger partial charge in [0.1, 0.15) is 0 Å². The van der Waals surface area contributed by atoms with Crippen molar-refractivity contribution in [3.05, 3.63) is 37.1 Å². The van der Waals surface area contributed by atoms with Crippen LogP contribution in [0.2, 0.25) is 0 Å². The zero-order chi connectivity index (χ0) is 53.8. The molecule has 72 heavy (non-hydrogen) atoms. The fourth-order valence-corrected chi connectivity index (χ4v) is 18.7. The quantitative estimate of drug-likeness (QED) is 0.0641. The summed E-state index contributed by atoms with van der Waals surface area (Å²) in [5.74, 6) is 9.30. The zero-order valence-electron chi connectivity index (χ0n) is 47.6. The summed E-state index contributed by atoms with van der Waals surface area (Å²) in [5.41, 5.74) is 5.44. The molecule has 0 amide bonds. The second-order valence-corrected chi connectivity index (χ2v) is 27.3. The van der Waals surface area contributed by atoms with Gasteiger partial charge in [-0.05, 0) is 183 Å². The van der Waals surface area contributed by atoms with Crippen molar-refractivity contribution in [2.45, 2.75) is 225 Å². The van der Waals surface area contributed by atoms with Crippen LogP contribution in [0.25, 0.3) is 0 Å². The molecule has 0 spiro atoms. The first-order chi connectivity index (χ1) is 33.8. The molecular formula is C62H100Cl2N2O4Pd2. The molecule has 6 saturated carbocycles. The van der Waals surface area contributed by atoms with E-state index in [-0.39, 0.29) is 33.6 Å². The molecule has 6 nitrogen and oxygen atoms in total. The van der Waals surface area contributed by atoms with Crippen LogP contribution in [0.4, 0.5) is 0 Å². The van der Waals surface area contributed by atoms with Crippen molar-refractivity contribution < 1.29 is 55.6 Å². The van der Waals surface area contributed by atoms with Crippen molar-refractivity contribution in [2.75, 3.05) is 0 Å². The molecule has 8 aliphatic rings. The number of carbonyl (C=O) groups excluding carboxylic acids is 2. The van der Waals surface area contributed by atoms with Gasteiger partial charge in [0.2, 0.25) is 0 Å². The minimum atomic E-state index is -0.378. The van der Waals surface area contributed by atoms with E-state index >= 15 is 0 Å². The van der Waals surface area contributed by atoms with Crippen molar-refractivity contribution >= 4 is 42.4 Å². The third kappa shape index (κ3) is 12.6. The van der Waals surface area contributed by atoms with E-state index in [1.807, 2.05) is 0 Å². The van der Waals surface area contributed by atoms with Gasteiger partial charge in [-0.15, -0.1) is 0 Å². The van der Waals surface area contributed by atoms with Crippen LogP contribution in [0.15, 0.2) is 33.6 Å². The van der Waals surface area contributed by atoms with E-state index in [4.69, 9.17) is 9.68 Å². The number of allylic oxidation sites excluding steroid dienone is 4. The second-order valence-electron chi connectivity index (χ2n) is 27.3. The maximum absolute atomic E-state index is 11.4. The number of nitrogens with zero attached hydrogens (tertiary/aromatic N) is 2. The zero-order valence-corrected chi connectivity index (χ0v) is 52.2. The van der Waals surface area contributed by atoms with Crippen LogP contribution in [0, 0.1) is 117 Å². The first kappa shape index (κ1) is 62.5. The Morgan fingerprint density at radius 3 is 1.24 bits per heavy atom. The number of carbonyl (C=O) groups is 2. The number of hydrogen-bond donors (Lipinski definition) is 0.